The predicted octanol–water partition coefficient (Wildman–Crippen LogP) is 2.53. The third-order valence-electron chi connectivity index (χ3n) is 3.25. The Hall–Kier alpha value is -1.75. The van der Waals surface area contributed by atoms with Gasteiger partial charge in [0.1, 0.15) is 17.7 Å². The summed E-state index contributed by atoms with van der Waals surface area (Å²) in [6.45, 7) is 1.18. The second-order valence-corrected chi connectivity index (χ2v) is 4.56. The van der Waals surface area contributed by atoms with Gasteiger partial charge in [-0.25, -0.2) is 8.78 Å². The van der Waals surface area contributed by atoms with Gasteiger partial charge in [0.15, 0.2) is 0 Å². The molecular formula is C14H15F2NO2. The first-order valence-electron chi connectivity index (χ1n) is 6.16. The highest BCUT2D eigenvalue weighted by molar-refractivity contribution is 5.73. The fraction of sp³-hybridized carbons (Fsp3) is 0.357. The number of likely N-dealkylation sites (tertiary alicyclic amines) is 1. The molecular weight excluding hydrogens is 252 g/mol. The second-order valence-electron chi connectivity index (χ2n) is 4.56. The minimum absolute atomic E-state index is 0.299. The van der Waals surface area contributed by atoms with Crippen LogP contribution in [-0.2, 0) is 4.79 Å². The lowest BCUT2D eigenvalue weighted by atomic mass is 10.2. The number of nitrogens with zero attached hydrogens (tertiary/aromatic N) is 1. The van der Waals surface area contributed by atoms with Crippen LogP contribution >= 0.6 is 0 Å². The minimum Gasteiger partial charge on any atom is -0.480 e. The number of hydrogen-bond donors (Lipinski definition) is 1. The SMILES string of the molecule is O=C(O)C1CCCN1C/C=C/c1ccc(F)cc1F. The minimum atomic E-state index is -0.820. The van der Waals surface area contributed by atoms with Gasteiger partial charge in [0.05, 0.1) is 0 Å². The first-order chi connectivity index (χ1) is 9.08. The van der Waals surface area contributed by atoms with Crippen molar-refractivity contribution in [2.24, 2.45) is 0 Å². The Kier molecular flexibility index (Phi) is 4.27. The van der Waals surface area contributed by atoms with Gasteiger partial charge in [0.2, 0.25) is 0 Å². The first kappa shape index (κ1) is 13.7. The number of hydrogen-bond acceptors (Lipinski definition) is 2. The Morgan fingerprint density at radius 1 is 1.47 bits per heavy atom. The normalized spacial score (nSPS) is 20.2. The van der Waals surface area contributed by atoms with Crippen LogP contribution in [-0.4, -0.2) is 35.1 Å². The fourth-order valence-electron chi connectivity index (χ4n) is 2.28. The Labute approximate surface area is 110 Å². The number of halogens is 2. The van der Waals surface area contributed by atoms with Crippen LogP contribution in [0.1, 0.15) is 18.4 Å². The molecule has 1 unspecified atom stereocenters. The van der Waals surface area contributed by atoms with Crippen LogP contribution in [0.25, 0.3) is 6.08 Å². The Morgan fingerprint density at radius 3 is 2.95 bits per heavy atom. The monoisotopic (exact) mass is 267 g/mol. The van der Waals surface area contributed by atoms with Crippen molar-refractivity contribution in [1.29, 1.82) is 0 Å². The average Bonchev–Trinajstić information content (AvgIpc) is 2.80. The Balaban J connectivity index is 1.98. The molecule has 1 fully saturated rings. The van der Waals surface area contributed by atoms with E-state index in [0.29, 0.717) is 18.5 Å². The van der Waals surface area contributed by atoms with E-state index < -0.39 is 23.6 Å². The van der Waals surface area contributed by atoms with Gasteiger partial charge in [-0.2, -0.15) is 0 Å². The fourth-order valence-corrected chi connectivity index (χ4v) is 2.28. The maximum Gasteiger partial charge on any atom is 0.320 e. The lowest BCUT2D eigenvalue weighted by molar-refractivity contribution is -0.141. The van der Waals surface area contributed by atoms with E-state index in [4.69, 9.17) is 5.11 Å². The topological polar surface area (TPSA) is 40.5 Å². The van der Waals surface area contributed by atoms with Crippen LogP contribution < -0.4 is 0 Å². The van der Waals surface area contributed by atoms with Crippen molar-refractivity contribution in [2.45, 2.75) is 18.9 Å². The highest BCUT2D eigenvalue weighted by atomic mass is 19.1. The lowest BCUT2D eigenvalue weighted by Gasteiger charge is -2.18. The quantitative estimate of drug-likeness (QED) is 0.911. The maximum absolute atomic E-state index is 13.4. The van der Waals surface area contributed by atoms with Crippen molar-refractivity contribution in [1.82, 2.24) is 4.90 Å². The van der Waals surface area contributed by atoms with E-state index in [1.165, 1.54) is 12.1 Å². The molecule has 3 nitrogen and oxygen atoms in total. The summed E-state index contributed by atoms with van der Waals surface area (Å²) >= 11 is 0. The summed E-state index contributed by atoms with van der Waals surface area (Å²) in [5.41, 5.74) is 0.299. The summed E-state index contributed by atoms with van der Waals surface area (Å²) in [5.74, 6) is -2.05. The van der Waals surface area contributed by atoms with Gasteiger partial charge in [-0.3, -0.25) is 9.69 Å². The number of carboxylic acid groups (broad SMARTS) is 1. The van der Waals surface area contributed by atoms with Gasteiger partial charge in [0.25, 0.3) is 0 Å². The van der Waals surface area contributed by atoms with Crippen molar-refractivity contribution in [3.8, 4) is 0 Å². The summed E-state index contributed by atoms with van der Waals surface area (Å²) in [4.78, 5) is 12.8. The van der Waals surface area contributed by atoms with Crippen molar-refractivity contribution >= 4 is 12.0 Å². The number of rotatable bonds is 4. The van der Waals surface area contributed by atoms with E-state index in [9.17, 15) is 13.6 Å². The highest BCUT2D eigenvalue weighted by Gasteiger charge is 2.29. The van der Waals surface area contributed by atoms with Gasteiger partial charge >= 0.3 is 5.97 Å². The molecule has 0 aromatic heterocycles. The van der Waals surface area contributed by atoms with Crippen molar-refractivity contribution in [2.75, 3.05) is 13.1 Å². The summed E-state index contributed by atoms with van der Waals surface area (Å²) in [6, 6.07) is 2.93. The summed E-state index contributed by atoms with van der Waals surface area (Å²) < 4.78 is 26.1. The lowest BCUT2D eigenvalue weighted by Crippen LogP contribution is -2.35. The van der Waals surface area contributed by atoms with Crippen LogP contribution in [0.2, 0.25) is 0 Å². The van der Waals surface area contributed by atoms with Crippen LogP contribution in [0.15, 0.2) is 24.3 Å². The molecule has 1 atom stereocenters. The van der Waals surface area contributed by atoms with E-state index in [1.807, 2.05) is 4.90 Å². The molecule has 1 heterocycles. The number of carbonyl (C=O) groups is 1. The second kappa shape index (κ2) is 5.93. The summed E-state index contributed by atoms with van der Waals surface area (Å²) in [5, 5.41) is 9.01. The van der Waals surface area contributed by atoms with Crippen LogP contribution in [0, 0.1) is 11.6 Å². The van der Waals surface area contributed by atoms with E-state index >= 15 is 0 Å². The van der Waals surface area contributed by atoms with E-state index in [1.54, 1.807) is 12.2 Å². The van der Waals surface area contributed by atoms with Crippen LogP contribution in [0.4, 0.5) is 8.78 Å². The molecule has 5 heteroatoms. The zero-order valence-electron chi connectivity index (χ0n) is 10.4. The molecule has 1 aromatic rings. The van der Waals surface area contributed by atoms with Crippen molar-refractivity contribution in [3.05, 3.63) is 41.5 Å². The third kappa shape index (κ3) is 3.38. The van der Waals surface area contributed by atoms with Crippen LogP contribution in [0.3, 0.4) is 0 Å². The molecule has 0 saturated carbocycles. The molecule has 0 spiro atoms. The maximum atomic E-state index is 13.4. The molecule has 19 heavy (non-hydrogen) atoms. The van der Waals surface area contributed by atoms with Gasteiger partial charge in [-0.05, 0) is 31.5 Å². The molecule has 1 aromatic carbocycles. The molecule has 0 aliphatic carbocycles. The average molecular weight is 267 g/mol. The van der Waals surface area contributed by atoms with E-state index in [2.05, 4.69) is 0 Å². The molecule has 0 bridgehead atoms. The van der Waals surface area contributed by atoms with E-state index in [0.717, 1.165) is 19.0 Å². The number of aliphatic carboxylic acids is 1. The number of benzene rings is 1. The van der Waals surface area contributed by atoms with E-state index in [-0.39, 0.29) is 0 Å². The molecule has 0 amide bonds. The predicted molar refractivity (Wildman–Crippen MR) is 67.6 cm³/mol. The molecule has 0 radical (unpaired) electrons. The largest absolute Gasteiger partial charge is 0.480 e. The highest BCUT2D eigenvalue weighted by Crippen LogP contribution is 2.17. The standard InChI is InChI=1S/C14H15F2NO2/c15-11-6-5-10(12(16)9-11)3-1-7-17-8-2-4-13(17)14(18)19/h1,3,5-6,9,13H,2,4,7-8H2,(H,18,19)/b3-1+. The smallest absolute Gasteiger partial charge is 0.320 e. The van der Waals surface area contributed by atoms with Gasteiger partial charge in [-0.1, -0.05) is 12.2 Å². The molecule has 102 valence electrons. The van der Waals surface area contributed by atoms with Crippen molar-refractivity contribution < 1.29 is 18.7 Å². The van der Waals surface area contributed by atoms with Gasteiger partial charge < -0.3 is 5.11 Å². The number of carboxylic acids is 1. The van der Waals surface area contributed by atoms with Gasteiger partial charge in [0, 0.05) is 18.2 Å². The third-order valence-corrected chi connectivity index (χ3v) is 3.25. The Bertz CT molecular complexity index is 502. The van der Waals surface area contributed by atoms with Crippen molar-refractivity contribution in [3.63, 3.8) is 0 Å². The zero-order chi connectivity index (χ0) is 13.8. The summed E-state index contributed by atoms with van der Waals surface area (Å²) in [6.07, 6.45) is 4.76. The molecule has 2 rings (SSSR count). The van der Waals surface area contributed by atoms with Crippen LogP contribution in [0.5, 0.6) is 0 Å². The van der Waals surface area contributed by atoms with Gasteiger partial charge in [-0.15, -0.1) is 0 Å². The Morgan fingerprint density at radius 2 is 2.26 bits per heavy atom. The molecule has 1 saturated heterocycles. The zero-order valence-corrected chi connectivity index (χ0v) is 10.4. The molecule has 1 aliphatic heterocycles. The molecule has 1 aliphatic rings. The molecule has 1 N–H and O–H groups in total. The first-order valence-corrected chi connectivity index (χ1v) is 6.16. The summed E-state index contributed by atoms with van der Waals surface area (Å²) in [7, 11) is 0.